The number of aromatic amines is 1. The van der Waals surface area contributed by atoms with Crippen LogP contribution in [0.3, 0.4) is 0 Å². The van der Waals surface area contributed by atoms with Gasteiger partial charge < -0.3 is 18.7 Å². The number of hydrogen-bond donors (Lipinski definition) is 2. The molecule has 0 atom stereocenters. The molecular formula is C25H21F2N5O5S. The maximum Gasteiger partial charge on any atom is 0.264 e. The zero-order valence-electron chi connectivity index (χ0n) is 20.4. The number of ether oxygens (including phenoxy) is 1. The van der Waals surface area contributed by atoms with Crippen molar-refractivity contribution in [3.8, 4) is 28.8 Å². The van der Waals surface area contributed by atoms with Crippen LogP contribution < -0.4 is 14.9 Å². The molecule has 2 aromatic carbocycles. The third kappa shape index (κ3) is 4.75. The molecule has 0 saturated carbocycles. The minimum atomic E-state index is -3.63. The maximum absolute atomic E-state index is 14.4. The third-order valence-electron chi connectivity index (χ3n) is 5.71. The third-order valence-corrected chi connectivity index (χ3v) is 7.01. The van der Waals surface area contributed by atoms with Crippen LogP contribution >= 0.6 is 0 Å². The van der Waals surface area contributed by atoms with Gasteiger partial charge in [-0.1, -0.05) is 0 Å². The second-order valence-electron chi connectivity index (χ2n) is 8.45. The second-order valence-corrected chi connectivity index (χ2v) is 10.5. The molecule has 0 unspecified atom stereocenters. The van der Waals surface area contributed by atoms with E-state index in [1.807, 2.05) is 0 Å². The topological polar surface area (TPSA) is 132 Å². The molecule has 0 bridgehead atoms. The minimum absolute atomic E-state index is 0.107. The van der Waals surface area contributed by atoms with Crippen molar-refractivity contribution >= 4 is 26.7 Å². The van der Waals surface area contributed by atoms with Crippen LogP contribution in [0.2, 0.25) is 0 Å². The highest BCUT2D eigenvalue weighted by molar-refractivity contribution is 7.92. The van der Waals surface area contributed by atoms with Crippen molar-refractivity contribution in [2.75, 3.05) is 10.5 Å². The lowest BCUT2D eigenvalue weighted by Crippen LogP contribution is -2.15. The van der Waals surface area contributed by atoms with Crippen molar-refractivity contribution in [3.63, 3.8) is 0 Å². The molecule has 2 N–H and O–H groups in total. The number of benzene rings is 2. The van der Waals surface area contributed by atoms with Crippen LogP contribution in [0.4, 0.5) is 14.5 Å². The monoisotopic (exact) mass is 541 g/mol. The average molecular weight is 542 g/mol. The quantitative estimate of drug-likeness (QED) is 0.302. The predicted octanol–water partition coefficient (Wildman–Crippen LogP) is 4.82. The van der Waals surface area contributed by atoms with Gasteiger partial charge in [-0.05, 0) is 50.2 Å². The molecule has 3 aromatic heterocycles. The first-order valence-corrected chi connectivity index (χ1v) is 13.0. The fourth-order valence-electron chi connectivity index (χ4n) is 3.83. The molecule has 0 fully saturated rings. The summed E-state index contributed by atoms with van der Waals surface area (Å²) in [6, 6.07) is 8.87. The SMILES string of the molecule is CCS(=O)(=O)Nc1ccc(Oc2ccc(F)cc2F)c(-n2cc(C)c(=O)c3[nH]c(-c4nnc(C)o4)cc32)c1. The minimum Gasteiger partial charge on any atom is -0.452 e. The number of sulfonamides is 1. The molecule has 0 amide bonds. The molecule has 0 aliphatic heterocycles. The summed E-state index contributed by atoms with van der Waals surface area (Å²) in [6.45, 7) is 4.73. The molecule has 3 heterocycles. The number of nitrogens with zero attached hydrogens (tertiary/aromatic N) is 3. The molecule has 5 aromatic rings. The Kier molecular flexibility index (Phi) is 6.23. The van der Waals surface area contributed by atoms with Crippen molar-refractivity contribution in [1.29, 1.82) is 0 Å². The first-order valence-electron chi connectivity index (χ1n) is 11.4. The number of pyridine rings is 1. The Morgan fingerprint density at radius 3 is 2.53 bits per heavy atom. The summed E-state index contributed by atoms with van der Waals surface area (Å²) in [6.07, 6.45) is 1.54. The second kappa shape index (κ2) is 9.41. The highest BCUT2D eigenvalue weighted by atomic mass is 32.2. The Labute approximate surface area is 215 Å². The van der Waals surface area contributed by atoms with Gasteiger partial charge in [0.25, 0.3) is 5.89 Å². The molecule has 196 valence electrons. The number of aryl methyl sites for hydroxylation is 2. The molecule has 0 spiro atoms. The first-order chi connectivity index (χ1) is 18.0. The molecule has 10 nitrogen and oxygen atoms in total. The van der Waals surface area contributed by atoms with Crippen molar-refractivity contribution in [3.05, 3.63) is 82.0 Å². The standard InChI is InChI=1S/C25H21F2N5O5S/c1-4-38(34,35)31-16-6-8-22(37-21-7-5-15(26)9-17(21)27)19(10-16)32-12-13(2)24(33)23-20(32)11-18(28-23)25-30-29-14(3)36-25/h5-12,28,31H,4H2,1-3H3. The van der Waals surface area contributed by atoms with Gasteiger partial charge in [-0.15, -0.1) is 10.2 Å². The smallest absolute Gasteiger partial charge is 0.264 e. The Balaban J connectivity index is 1.74. The van der Waals surface area contributed by atoms with Crippen molar-refractivity contribution in [2.45, 2.75) is 20.8 Å². The van der Waals surface area contributed by atoms with E-state index in [0.717, 1.165) is 12.1 Å². The van der Waals surface area contributed by atoms with Crippen molar-refractivity contribution < 1.29 is 26.4 Å². The lowest BCUT2D eigenvalue weighted by atomic mass is 10.2. The molecule has 0 radical (unpaired) electrons. The zero-order valence-corrected chi connectivity index (χ0v) is 21.2. The van der Waals surface area contributed by atoms with Crippen LogP contribution in [0.1, 0.15) is 18.4 Å². The first kappa shape index (κ1) is 25.1. The van der Waals surface area contributed by atoms with Crippen LogP contribution in [-0.4, -0.2) is 33.9 Å². The van der Waals surface area contributed by atoms with Gasteiger partial charge in [0.2, 0.25) is 21.3 Å². The van der Waals surface area contributed by atoms with Crippen LogP contribution in [-0.2, 0) is 10.0 Å². The van der Waals surface area contributed by atoms with E-state index in [0.29, 0.717) is 28.7 Å². The van der Waals surface area contributed by atoms with Crippen molar-refractivity contribution in [2.24, 2.45) is 0 Å². The van der Waals surface area contributed by atoms with Gasteiger partial charge in [-0.2, -0.15) is 0 Å². The van der Waals surface area contributed by atoms with Gasteiger partial charge in [0.05, 0.1) is 22.6 Å². The lowest BCUT2D eigenvalue weighted by molar-refractivity contribution is 0.436. The summed E-state index contributed by atoms with van der Waals surface area (Å²) in [5.41, 5.74) is 1.53. The summed E-state index contributed by atoms with van der Waals surface area (Å²) in [7, 11) is -3.63. The van der Waals surface area contributed by atoms with E-state index >= 15 is 0 Å². The number of anilines is 1. The van der Waals surface area contributed by atoms with E-state index in [4.69, 9.17) is 9.15 Å². The average Bonchev–Trinajstić information content (AvgIpc) is 3.51. The van der Waals surface area contributed by atoms with Gasteiger partial charge >= 0.3 is 0 Å². The van der Waals surface area contributed by atoms with E-state index in [9.17, 15) is 22.0 Å². The Bertz CT molecular complexity index is 1860. The van der Waals surface area contributed by atoms with Gasteiger partial charge in [0, 0.05) is 24.8 Å². The molecule has 5 rings (SSSR count). The number of fused-ring (bicyclic) bond motifs is 1. The fourth-order valence-corrected chi connectivity index (χ4v) is 4.46. The Hall–Kier alpha value is -4.52. The van der Waals surface area contributed by atoms with Crippen LogP contribution in [0.25, 0.3) is 28.3 Å². The highest BCUT2D eigenvalue weighted by Crippen LogP contribution is 2.35. The highest BCUT2D eigenvalue weighted by Gasteiger charge is 2.20. The predicted molar refractivity (Wildman–Crippen MR) is 136 cm³/mol. The normalized spacial score (nSPS) is 11.7. The summed E-state index contributed by atoms with van der Waals surface area (Å²) in [5, 5.41) is 7.80. The number of hydrogen-bond acceptors (Lipinski definition) is 7. The Morgan fingerprint density at radius 1 is 1.08 bits per heavy atom. The van der Waals surface area contributed by atoms with E-state index in [1.165, 1.54) is 25.1 Å². The maximum atomic E-state index is 14.4. The molecule has 0 saturated heterocycles. The number of H-pyrrole nitrogens is 1. The van der Waals surface area contributed by atoms with Crippen LogP contribution in [0.5, 0.6) is 11.5 Å². The largest absolute Gasteiger partial charge is 0.452 e. The molecule has 0 aliphatic carbocycles. The molecule has 0 aliphatic rings. The summed E-state index contributed by atoms with van der Waals surface area (Å²) in [5.74, 6) is -1.50. The number of halogens is 2. The fraction of sp³-hybridized carbons (Fsp3) is 0.160. The summed E-state index contributed by atoms with van der Waals surface area (Å²) >= 11 is 0. The number of aromatic nitrogens is 4. The van der Waals surface area contributed by atoms with Crippen LogP contribution in [0, 0.1) is 25.5 Å². The molecule has 13 heteroatoms. The van der Waals surface area contributed by atoms with Gasteiger partial charge in [0.15, 0.2) is 17.3 Å². The van der Waals surface area contributed by atoms with Gasteiger partial charge in [-0.25, -0.2) is 17.2 Å². The molecular weight excluding hydrogens is 520 g/mol. The van der Waals surface area contributed by atoms with Crippen molar-refractivity contribution in [1.82, 2.24) is 19.7 Å². The summed E-state index contributed by atoms with van der Waals surface area (Å²) < 4.78 is 67.7. The number of rotatable bonds is 7. The van der Waals surface area contributed by atoms with E-state index in [-0.39, 0.29) is 45.5 Å². The summed E-state index contributed by atoms with van der Waals surface area (Å²) in [4.78, 5) is 16.0. The number of nitrogens with one attached hydrogen (secondary N) is 2. The van der Waals surface area contributed by atoms with E-state index < -0.39 is 21.7 Å². The zero-order chi connectivity index (χ0) is 27.2. The van der Waals surface area contributed by atoms with Gasteiger partial charge in [0.1, 0.15) is 17.0 Å². The lowest BCUT2D eigenvalue weighted by Gasteiger charge is -2.17. The molecule has 38 heavy (non-hydrogen) atoms. The Morgan fingerprint density at radius 2 is 1.84 bits per heavy atom. The van der Waals surface area contributed by atoms with E-state index in [2.05, 4.69) is 19.9 Å². The van der Waals surface area contributed by atoms with Gasteiger partial charge in [-0.3, -0.25) is 9.52 Å². The van der Waals surface area contributed by atoms with E-state index in [1.54, 1.807) is 30.7 Å². The van der Waals surface area contributed by atoms with Crippen LogP contribution in [0.15, 0.2) is 57.9 Å².